The van der Waals surface area contributed by atoms with Crippen molar-refractivity contribution in [2.45, 2.75) is 45.2 Å². The van der Waals surface area contributed by atoms with Gasteiger partial charge in [-0.05, 0) is 49.8 Å². The average molecular weight is 244 g/mol. The Morgan fingerprint density at radius 1 is 1.28 bits per heavy atom. The van der Waals surface area contributed by atoms with E-state index in [0.29, 0.717) is 18.0 Å². The standard InChI is InChI=1S/C16H24N2/c1-11-3-4-13-5-6-16(14(13)9-11)18-8-7-12(2)15(17)10-18/h3-4,9,12,15-16H,5-8,10,17H2,1-2H3. The predicted molar refractivity (Wildman–Crippen MR) is 75.6 cm³/mol. The van der Waals surface area contributed by atoms with E-state index in [4.69, 9.17) is 5.73 Å². The number of hydrogen-bond donors (Lipinski definition) is 1. The van der Waals surface area contributed by atoms with E-state index >= 15 is 0 Å². The largest absolute Gasteiger partial charge is 0.326 e. The van der Waals surface area contributed by atoms with E-state index in [9.17, 15) is 0 Å². The fourth-order valence-electron chi connectivity index (χ4n) is 3.49. The zero-order valence-corrected chi connectivity index (χ0v) is 11.5. The molecule has 3 rings (SSSR count). The number of aryl methyl sites for hydroxylation is 2. The Kier molecular flexibility index (Phi) is 3.16. The van der Waals surface area contributed by atoms with Gasteiger partial charge in [0.05, 0.1) is 0 Å². The summed E-state index contributed by atoms with van der Waals surface area (Å²) in [6.07, 6.45) is 3.76. The van der Waals surface area contributed by atoms with Crippen molar-refractivity contribution in [1.82, 2.24) is 4.90 Å². The molecule has 2 aliphatic rings. The quantitative estimate of drug-likeness (QED) is 0.823. The molecule has 1 fully saturated rings. The number of benzene rings is 1. The van der Waals surface area contributed by atoms with E-state index in [2.05, 4.69) is 36.9 Å². The molecule has 1 saturated heterocycles. The van der Waals surface area contributed by atoms with Crippen molar-refractivity contribution >= 4 is 0 Å². The lowest BCUT2D eigenvalue weighted by Gasteiger charge is -2.39. The Morgan fingerprint density at radius 2 is 2.11 bits per heavy atom. The van der Waals surface area contributed by atoms with Crippen molar-refractivity contribution in [3.63, 3.8) is 0 Å². The van der Waals surface area contributed by atoms with Crippen LogP contribution < -0.4 is 5.73 Å². The van der Waals surface area contributed by atoms with Crippen LogP contribution >= 0.6 is 0 Å². The van der Waals surface area contributed by atoms with Gasteiger partial charge in [-0.25, -0.2) is 0 Å². The van der Waals surface area contributed by atoms with Crippen molar-refractivity contribution < 1.29 is 0 Å². The van der Waals surface area contributed by atoms with Gasteiger partial charge in [-0.2, -0.15) is 0 Å². The van der Waals surface area contributed by atoms with Crippen molar-refractivity contribution in [3.05, 3.63) is 34.9 Å². The summed E-state index contributed by atoms with van der Waals surface area (Å²) in [7, 11) is 0. The zero-order valence-electron chi connectivity index (χ0n) is 11.5. The fraction of sp³-hybridized carbons (Fsp3) is 0.625. The van der Waals surface area contributed by atoms with E-state index in [-0.39, 0.29) is 0 Å². The van der Waals surface area contributed by atoms with Gasteiger partial charge in [-0.3, -0.25) is 4.90 Å². The first-order valence-electron chi connectivity index (χ1n) is 7.24. The van der Waals surface area contributed by atoms with Crippen LogP contribution in [-0.2, 0) is 6.42 Å². The lowest BCUT2D eigenvalue weighted by molar-refractivity contribution is 0.120. The van der Waals surface area contributed by atoms with Gasteiger partial charge in [0.1, 0.15) is 0 Å². The number of nitrogens with zero attached hydrogens (tertiary/aromatic N) is 1. The molecule has 1 aliphatic heterocycles. The second-order valence-electron chi connectivity index (χ2n) is 6.18. The minimum atomic E-state index is 0.354. The highest BCUT2D eigenvalue weighted by Gasteiger charge is 2.32. The number of nitrogens with two attached hydrogens (primary N) is 1. The molecule has 1 aromatic carbocycles. The van der Waals surface area contributed by atoms with Crippen LogP contribution in [0, 0.1) is 12.8 Å². The van der Waals surface area contributed by atoms with E-state index in [1.807, 2.05) is 0 Å². The van der Waals surface area contributed by atoms with Crippen molar-refractivity contribution in [1.29, 1.82) is 0 Å². The van der Waals surface area contributed by atoms with Crippen LogP contribution in [0.2, 0.25) is 0 Å². The van der Waals surface area contributed by atoms with Gasteiger partial charge >= 0.3 is 0 Å². The first kappa shape index (κ1) is 12.2. The molecule has 0 radical (unpaired) electrons. The molecule has 0 amide bonds. The summed E-state index contributed by atoms with van der Waals surface area (Å²) in [6.45, 7) is 6.76. The molecule has 3 atom stereocenters. The molecule has 18 heavy (non-hydrogen) atoms. The summed E-state index contributed by atoms with van der Waals surface area (Å²) in [4.78, 5) is 2.62. The summed E-state index contributed by atoms with van der Waals surface area (Å²) in [6, 6.07) is 7.92. The Morgan fingerprint density at radius 3 is 2.89 bits per heavy atom. The molecule has 0 spiro atoms. The third kappa shape index (κ3) is 2.08. The first-order valence-corrected chi connectivity index (χ1v) is 7.24. The molecule has 1 heterocycles. The highest BCUT2D eigenvalue weighted by atomic mass is 15.2. The van der Waals surface area contributed by atoms with Crippen LogP contribution in [0.25, 0.3) is 0 Å². The smallest absolute Gasteiger partial charge is 0.0354 e. The summed E-state index contributed by atoms with van der Waals surface area (Å²) in [5, 5.41) is 0. The van der Waals surface area contributed by atoms with Crippen molar-refractivity contribution in [2.75, 3.05) is 13.1 Å². The maximum absolute atomic E-state index is 6.24. The van der Waals surface area contributed by atoms with Gasteiger partial charge in [-0.15, -0.1) is 0 Å². The normalized spacial score (nSPS) is 32.5. The van der Waals surface area contributed by atoms with Gasteiger partial charge in [0.25, 0.3) is 0 Å². The van der Waals surface area contributed by atoms with Crippen LogP contribution in [0.3, 0.4) is 0 Å². The number of hydrogen-bond acceptors (Lipinski definition) is 2. The van der Waals surface area contributed by atoms with Crippen molar-refractivity contribution in [3.8, 4) is 0 Å². The van der Waals surface area contributed by atoms with E-state index < -0.39 is 0 Å². The summed E-state index contributed by atoms with van der Waals surface area (Å²) in [5.41, 5.74) is 10.7. The third-order valence-electron chi connectivity index (χ3n) is 4.84. The SMILES string of the molecule is Cc1ccc2c(c1)C(N1CCC(C)C(N)C1)CC2. The molecule has 0 saturated carbocycles. The van der Waals surface area contributed by atoms with Gasteiger partial charge < -0.3 is 5.73 Å². The molecule has 1 aliphatic carbocycles. The monoisotopic (exact) mass is 244 g/mol. The number of fused-ring (bicyclic) bond motifs is 1. The highest BCUT2D eigenvalue weighted by molar-refractivity contribution is 5.37. The Labute approximate surface area is 110 Å². The molecule has 0 aromatic heterocycles. The summed E-state index contributed by atoms with van der Waals surface area (Å²) >= 11 is 0. The second-order valence-corrected chi connectivity index (χ2v) is 6.18. The van der Waals surface area contributed by atoms with Gasteiger partial charge in [-0.1, -0.05) is 30.7 Å². The van der Waals surface area contributed by atoms with E-state index in [1.54, 1.807) is 11.1 Å². The molecule has 0 bridgehead atoms. The van der Waals surface area contributed by atoms with Crippen LogP contribution in [0.5, 0.6) is 0 Å². The lowest BCUT2D eigenvalue weighted by Crippen LogP contribution is -2.48. The molecule has 1 aromatic rings. The number of piperidine rings is 1. The van der Waals surface area contributed by atoms with E-state index in [1.165, 1.54) is 31.4 Å². The Bertz CT molecular complexity index is 441. The second kappa shape index (κ2) is 4.67. The Balaban J connectivity index is 1.82. The maximum atomic E-state index is 6.24. The van der Waals surface area contributed by atoms with Crippen LogP contribution in [0.15, 0.2) is 18.2 Å². The molecular weight excluding hydrogens is 220 g/mol. The van der Waals surface area contributed by atoms with Crippen LogP contribution in [0.1, 0.15) is 42.5 Å². The fourth-order valence-corrected chi connectivity index (χ4v) is 3.49. The molecule has 2 heteroatoms. The third-order valence-corrected chi connectivity index (χ3v) is 4.84. The van der Waals surface area contributed by atoms with E-state index in [0.717, 1.165) is 6.54 Å². The minimum Gasteiger partial charge on any atom is -0.326 e. The number of rotatable bonds is 1. The molecular formula is C16H24N2. The lowest BCUT2D eigenvalue weighted by atomic mass is 9.92. The highest BCUT2D eigenvalue weighted by Crippen LogP contribution is 2.37. The summed E-state index contributed by atoms with van der Waals surface area (Å²) in [5.74, 6) is 0.680. The van der Waals surface area contributed by atoms with Gasteiger partial charge in [0.15, 0.2) is 0 Å². The first-order chi connectivity index (χ1) is 8.65. The zero-order chi connectivity index (χ0) is 12.7. The van der Waals surface area contributed by atoms with Crippen molar-refractivity contribution in [2.24, 2.45) is 11.7 Å². The van der Waals surface area contributed by atoms with Crippen LogP contribution in [-0.4, -0.2) is 24.0 Å². The molecule has 2 nitrogen and oxygen atoms in total. The van der Waals surface area contributed by atoms with Crippen LogP contribution in [0.4, 0.5) is 0 Å². The predicted octanol–water partition coefficient (Wildman–Crippen LogP) is 2.65. The minimum absolute atomic E-state index is 0.354. The molecule has 3 unspecified atom stereocenters. The Hall–Kier alpha value is -0.860. The van der Waals surface area contributed by atoms with Gasteiger partial charge in [0.2, 0.25) is 0 Å². The molecule has 98 valence electrons. The topological polar surface area (TPSA) is 29.3 Å². The molecule has 2 N–H and O–H groups in total. The van der Waals surface area contributed by atoms with Gasteiger partial charge in [0, 0.05) is 18.6 Å². The summed E-state index contributed by atoms with van der Waals surface area (Å²) < 4.78 is 0. The average Bonchev–Trinajstić information content (AvgIpc) is 2.75. The maximum Gasteiger partial charge on any atom is 0.0354 e. The number of likely N-dealkylation sites (tertiary alicyclic amines) is 1.